The number of halogens is 3. The zero-order chi connectivity index (χ0) is 24.1. The minimum absolute atomic E-state index is 0.0862. The fourth-order valence-corrected chi connectivity index (χ4v) is 4.76. The highest BCUT2D eigenvalue weighted by Gasteiger charge is 2.24. The molecule has 0 radical (unpaired) electrons. The molecule has 0 atom stereocenters. The zero-order valence-electron chi connectivity index (χ0n) is 16.6. The number of carbonyl (C=O) groups is 3. The summed E-state index contributed by atoms with van der Waals surface area (Å²) in [6, 6.07) is 9.54. The fourth-order valence-electron chi connectivity index (χ4n) is 2.74. The lowest BCUT2D eigenvalue weighted by molar-refractivity contribution is -0.119. The summed E-state index contributed by atoms with van der Waals surface area (Å²) in [5.74, 6) is -1.41. The van der Waals surface area contributed by atoms with Crippen LogP contribution in [-0.4, -0.2) is 27.3 Å². The quantitative estimate of drug-likeness (QED) is 0.213. The van der Waals surface area contributed by atoms with Crippen molar-refractivity contribution < 1.29 is 14.4 Å². The largest absolute Gasteiger partial charge is 0.319 e. The Bertz CT molecular complexity index is 1310. The van der Waals surface area contributed by atoms with Crippen molar-refractivity contribution in [3.8, 4) is 5.82 Å². The van der Waals surface area contributed by atoms with Gasteiger partial charge in [0.15, 0.2) is 10.8 Å². The molecule has 0 aliphatic carbocycles. The number of anilines is 1. The third-order valence-corrected chi connectivity index (χ3v) is 6.03. The summed E-state index contributed by atoms with van der Waals surface area (Å²) in [5, 5.41) is 3.44. The molecule has 1 aromatic carbocycles. The maximum Gasteiger partial charge on any atom is 0.313 e. The van der Waals surface area contributed by atoms with Crippen molar-refractivity contribution >= 4 is 78.8 Å². The van der Waals surface area contributed by atoms with E-state index < -0.39 is 17.7 Å². The molecule has 3 rings (SSSR count). The second-order valence-electron chi connectivity index (χ2n) is 6.28. The number of aromatic nitrogens is 2. The Morgan fingerprint density at radius 3 is 2.58 bits per heavy atom. The summed E-state index contributed by atoms with van der Waals surface area (Å²) in [6.45, 7) is 8.42. The molecule has 3 N–H and O–H groups in total. The number of benzene rings is 1. The molecule has 0 saturated heterocycles. The van der Waals surface area contributed by atoms with E-state index in [4.69, 9.17) is 18.2 Å². The topological polar surface area (TPSA) is 109 Å². The molecule has 9 nitrogen and oxygen atoms in total. The van der Waals surface area contributed by atoms with Crippen molar-refractivity contribution in [1.29, 1.82) is 0 Å². The monoisotopic (exact) mass is 610 g/mol. The first-order valence-electron chi connectivity index (χ1n) is 8.96. The highest BCUT2D eigenvalue weighted by atomic mass is 79.9. The molecule has 2 aromatic heterocycles. The van der Waals surface area contributed by atoms with Crippen LogP contribution in [-0.2, 0) is 4.79 Å². The van der Waals surface area contributed by atoms with E-state index in [1.807, 2.05) is 0 Å². The minimum Gasteiger partial charge on any atom is -0.319 e. The van der Waals surface area contributed by atoms with Gasteiger partial charge in [0.05, 0.1) is 16.3 Å². The third-order valence-electron chi connectivity index (χ3n) is 4.06. The van der Waals surface area contributed by atoms with E-state index in [1.165, 1.54) is 29.8 Å². The maximum atomic E-state index is 13.3. The van der Waals surface area contributed by atoms with Crippen LogP contribution in [0.3, 0.4) is 0 Å². The Balaban J connectivity index is 2.04. The number of hydrogen-bond donors (Lipinski definition) is 3. The second kappa shape index (κ2) is 10.8. The molecule has 13 heteroatoms. The first-order chi connectivity index (χ1) is 15.7. The van der Waals surface area contributed by atoms with Gasteiger partial charge in [-0.05, 0) is 52.3 Å². The molecule has 0 unspecified atom stereocenters. The molecule has 3 amide bonds. The molecule has 0 aliphatic rings. The van der Waals surface area contributed by atoms with E-state index >= 15 is 0 Å². The van der Waals surface area contributed by atoms with Gasteiger partial charge in [-0.25, -0.2) is 15.8 Å². The Morgan fingerprint density at radius 1 is 1.15 bits per heavy atom. The highest BCUT2D eigenvalue weighted by molar-refractivity contribution is 9.11. The molecule has 2 heterocycles. The van der Waals surface area contributed by atoms with E-state index in [0.29, 0.717) is 14.0 Å². The molecule has 0 aliphatic heterocycles. The van der Waals surface area contributed by atoms with Crippen LogP contribution in [0.2, 0.25) is 5.02 Å². The average molecular weight is 613 g/mol. The smallest absolute Gasteiger partial charge is 0.313 e. The van der Waals surface area contributed by atoms with Gasteiger partial charge < -0.3 is 5.32 Å². The number of rotatable bonds is 5. The van der Waals surface area contributed by atoms with Crippen molar-refractivity contribution in [2.75, 3.05) is 5.32 Å². The highest BCUT2D eigenvalue weighted by Crippen LogP contribution is 2.33. The molecule has 0 fully saturated rings. The number of nitrogens with zero attached hydrogens (tertiary/aromatic N) is 3. The van der Waals surface area contributed by atoms with Gasteiger partial charge in [-0.15, -0.1) is 0 Å². The van der Waals surface area contributed by atoms with Crippen molar-refractivity contribution in [2.24, 2.45) is 0 Å². The lowest BCUT2D eigenvalue weighted by atomic mass is 10.1. The number of pyridine rings is 1. The van der Waals surface area contributed by atoms with Crippen LogP contribution in [0.25, 0.3) is 10.1 Å². The van der Waals surface area contributed by atoms with Crippen LogP contribution in [0.15, 0.2) is 56.6 Å². The van der Waals surface area contributed by atoms with Gasteiger partial charge in [-0.2, -0.15) is 0 Å². The van der Waals surface area contributed by atoms with E-state index in [0.717, 1.165) is 11.9 Å². The minimum atomic E-state index is -0.644. The summed E-state index contributed by atoms with van der Waals surface area (Å²) < 4.78 is 5.77. The lowest BCUT2D eigenvalue weighted by Gasteiger charge is -2.15. The van der Waals surface area contributed by atoms with E-state index in [1.54, 1.807) is 24.3 Å². The summed E-state index contributed by atoms with van der Waals surface area (Å²) in [4.78, 5) is 41.3. The second-order valence-corrected chi connectivity index (χ2v) is 9.24. The summed E-state index contributed by atoms with van der Waals surface area (Å²) in [7, 11) is 0. The molecule has 0 bridgehead atoms. The van der Waals surface area contributed by atoms with Crippen LogP contribution in [0.5, 0.6) is 0 Å². The third kappa shape index (κ3) is 5.75. The predicted molar refractivity (Wildman–Crippen MR) is 132 cm³/mol. The fraction of sp³-hybridized carbons (Fsp3) is 0.0500. The number of hydrazine groups is 1. The number of nitrogens with one attached hydrogen (secondary N) is 3. The van der Waals surface area contributed by atoms with Gasteiger partial charge in [-0.1, -0.05) is 27.5 Å². The molecule has 0 saturated carbocycles. The summed E-state index contributed by atoms with van der Waals surface area (Å²) in [5.41, 5.74) is 4.88. The number of carbonyl (C=O) groups excluding carboxylic acids is 3. The Kier molecular flexibility index (Phi) is 8.15. The normalized spacial score (nSPS) is 10.3. The average Bonchev–Trinajstić information content (AvgIpc) is 3.17. The Hall–Kier alpha value is -2.85. The SMILES string of the molecule is [C-]#[N+]Sc1ccc(C(=O)Nc2c(Br)cc(Br)cc2C(=O)NNC(C)=O)n1-c1ncccc1Cl. The molecule has 3 aromatic rings. The van der Waals surface area contributed by atoms with Crippen molar-refractivity contribution in [3.05, 3.63) is 78.6 Å². The molecular weight excluding hydrogens is 600 g/mol. The van der Waals surface area contributed by atoms with Crippen LogP contribution in [0.4, 0.5) is 5.69 Å². The van der Waals surface area contributed by atoms with Gasteiger partial charge in [0.25, 0.3) is 11.8 Å². The number of hydrogen-bond acceptors (Lipinski definition) is 5. The summed E-state index contributed by atoms with van der Waals surface area (Å²) >= 11 is 13.8. The predicted octanol–water partition coefficient (Wildman–Crippen LogP) is 5.01. The maximum absolute atomic E-state index is 13.3. The first kappa shape index (κ1) is 24.8. The molecule has 0 spiro atoms. The molecule has 33 heavy (non-hydrogen) atoms. The van der Waals surface area contributed by atoms with Gasteiger partial charge in [-0.3, -0.25) is 29.8 Å². The van der Waals surface area contributed by atoms with Crippen LogP contribution < -0.4 is 16.2 Å². The first-order valence-corrected chi connectivity index (χ1v) is 11.7. The Labute approximate surface area is 214 Å². The van der Waals surface area contributed by atoms with Gasteiger partial charge in [0.2, 0.25) is 5.91 Å². The Morgan fingerprint density at radius 2 is 1.91 bits per heavy atom. The number of amides is 3. The van der Waals surface area contributed by atoms with Gasteiger partial charge in [0, 0.05) is 22.1 Å². The standard InChI is InChI=1S/C20H13Br2ClN6O3S/c1-10(30)27-28-19(31)12-8-11(21)9-13(22)17(12)26-20(32)15-5-6-16(33-24-2)29(15)18-14(23)4-3-7-25-18/h3-9H,1H3,(H,26,32)(H,27,30)(H,28,31). The van der Waals surface area contributed by atoms with E-state index in [-0.39, 0.29) is 27.8 Å². The van der Waals surface area contributed by atoms with Crippen molar-refractivity contribution in [3.63, 3.8) is 0 Å². The lowest BCUT2D eigenvalue weighted by Crippen LogP contribution is -2.40. The van der Waals surface area contributed by atoms with Crippen LogP contribution in [0, 0.1) is 6.57 Å². The molecular formula is C20H13Br2ClN6O3S. The van der Waals surface area contributed by atoms with Crippen LogP contribution >= 0.6 is 55.4 Å². The van der Waals surface area contributed by atoms with Crippen molar-refractivity contribution in [1.82, 2.24) is 20.4 Å². The van der Waals surface area contributed by atoms with E-state index in [2.05, 4.69) is 57.3 Å². The van der Waals surface area contributed by atoms with Crippen molar-refractivity contribution in [2.45, 2.75) is 11.9 Å². The van der Waals surface area contributed by atoms with E-state index in [9.17, 15) is 14.4 Å². The van der Waals surface area contributed by atoms with Gasteiger partial charge >= 0.3 is 11.9 Å². The molecule has 168 valence electrons. The summed E-state index contributed by atoms with van der Waals surface area (Å²) in [6.07, 6.45) is 1.52. The van der Waals surface area contributed by atoms with Gasteiger partial charge in [0.1, 0.15) is 5.69 Å². The zero-order valence-corrected chi connectivity index (χ0v) is 21.4. The van der Waals surface area contributed by atoms with Crippen LogP contribution in [0.1, 0.15) is 27.8 Å².